The van der Waals surface area contributed by atoms with Crippen LogP contribution in [0.5, 0.6) is 0 Å². The lowest BCUT2D eigenvalue weighted by atomic mass is 10.2. The number of aromatic nitrogens is 2. The van der Waals surface area contributed by atoms with Crippen LogP contribution in [0.4, 0.5) is 0 Å². The molecule has 19 heavy (non-hydrogen) atoms. The number of nitrogens with two attached hydrogens (primary N) is 1. The minimum atomic E-state index is -3.55. The summed E-state index contributed by atoms with van der Waals surface area (Å²) < 4.78 is 33.5. The Morgan fingerprint density at radius 1 is 1.63 bits per heavy atom. The number of hydrogen-bond acceptors (Lipinski definition) is 5. The average molecular weight is 288 g/mol. The van der Waals surface area contributed by atoms with Crippen LogP contribution in [0.1, 0.15) is 13.8 Å². The van der Waals surface area contributed by atoms with E-state index in [1.807, 2.05) is 13.8 Å². The van der Waals surface area contributed by atoms with Crippen LogP contribution in [0.25, 0.3) is 0 Å². The quantitative estimate of drug-likeness (QED) is 0.817. The topological polar surface area (TPSA) is 90.5 Å². The fraction of sp³-hybridized carbons (Fsp3) is 0.727. The zero-order valence-corrected chi connectivity index (χ0v) is 12.0. The number of hydrogen-bond donors (Lipinski definition) is 1. The molecule has 2 heterocycles. The molecule has 0 aromatic carbocycles. The molecular weight excluding hydrogens is 268 g/mol. The normalized spacial score (nSPS) is 23.4. The van der Waals surface area contributed by atoms with Gasteiger partial charge in [0, 0.05) is 31.9 Å². The van der Waals surface area contributed by atoms with E-state index in [9.17, 15) is 8.42 Å². The van der Waals surface area contributed by atoms with Gasteiger partial charge in [-0.05, 0) is 13.8 Å². The van der Waals surface area contributed by atoms with Gasteiger partial charge in [-0.1, -0.05) is 0 Å². The fourth-order valence-electron chi connectivity index (χ4n) is 1.96. The Bertz CT molecular complexity index is 526. The van der Waals surface area contributed by atoms with Gasteiger partial charge in [0.1, 0.15) is 0 Å². The van der Waals surface area contributed by atoms with Gasteiger partial charge in [-0.25, -0.2) is 13.4 Å². The summed E-state index contributed by atoms with van der Waals surface area (Å²) in [5, 5.41) is 0.0830. The molecule has 7 nitrogen and oxygen atoms in total. The highest BCUT2D eigenvalue weighted by molar-refractivity contribution is 7.89. The van der Waals surface area contributed by atoms with Crippen LogP contribution in [0.3, 0.4) is 0 Å². The number of morpholine rings is 1. The highest BCUT2D eigenvalue weighted by Crippen LogP contribution is 2.18. The van der Waals surface area contributed by atoms with Gasteiger partial charge in [-0.3, -0.25) is 0 Å². The van der Waals surface area contributed by atoms with Gasteiger partial charge in [-0.15, -0.1) is 0 Å². The van der Waals surface area contributed by atoms with Gasteiger partial charge < -0.3 is 15.0 Å². The van der Waals surface area contributed by atoms with Crippen molar-refractivity contribution in [2.24, 2.45) is 5.73 Å². The van der Waals surface area contributed by atoms with Gasteiger partial charge in [0.25, 0.3) is 10.0 Å². The second-order valence-corrected chi connectivity index (χ2v) is 6.56. The van der Waals surface area contributed by atoms with E-state index in [1.54, 1.807) is 10.8 Å². The van der Waals surface area contributed by atoms with E-state index < -0.39 is 10.0 Å². The van der Waals surface area contributed by atoms with Crippen molar-refractivity contribution >= 4 is 10.0 Å². The zero-order valence-electron chi connectivity index (χ0n) is 11.2. The summed E-state index contributed by atoms with van der Waals surface area (Å²) in [6.45, 7) is 5.41. The fourth-order valence-corrected chi connectivity index (χ4v) is 3.34. The third-order valence-electron chi connectivity index (χ3n) is 3.22. The largest absolute Gasteiger partial charge is 0.374 e. The van der Waals surface area contributed by atoms with Gasteiger partial charge in [0.15, 0.2) is 5.03 Å². The van der Waals surface area contributed by atoms with Crippen molar-refractivity contribution in [3.05, 3.63) is 12.5 Å². The number of nitrogens with zero attached hydrogens (tertiary/aromatic N) is 3. The molecule has 0 aliphatic carbocycles. The summed E-state index contributed by atoms with van der Waals surface area (Å²) in [5.74, 6) is 0. The number of rotatable bonds is 4. The highest BCUT2D eigenvalue weighted by Gasteiger charge is 2.33. The van der Waals surface area contributed by atoms with Crippen molar-refractivity contribution in [2.75, 3.05) is 19.7 Å². The molecule has 1 aliphatic heterocycles. The molecule has 0 bridgehead atoms. The van der Waals surface area contributed by atoms with Crippen LogP contribution in [0.15, 0.2) is 17.6 Å². The Balaban J connectivity index is 2.19. The Morgan fingerprint density at radius 2 is 2.37 bits per heavy atom. The van der Waals surface area contributed by atoms with E-state index in [4.69, 9.17) is 10.5 Å². The smallest absolute Gasteiger partial charge is 0.262 e. The molecule has 2 unspecified atom stereocenters. The monoisotopic (exact) mass is 288 g/mol. The first kappa shape index (κ1) is 14.4. The number of aryl methyl sites for hydroxylation is 1. The predicted octanol–water partition coefficient (Wildman–Crippen LogP) is -0.360. The van der Waals surface area contributed by atoms with Gasteiger partial charge in [-0.2, -0.15) is 4.31 Å². The van der Waals surface area contributed by atoms with E-state index in [0.29, 0.717) is 19.7 Å². The second kappa shape index (κ2) is 5.58. The van der Waals surface area contributed by atoms with Crippen LogP contribution in [-0.4, -0.2) is 54.1 Å². The summed E-state index contributed by atoms with van der Waals surface area (Å²) in [7, 11) is -3.55. The molecule has 2 atom stereocenters. The zero-order chi connectivity index (χ0) is 14.0. The first-order chi connectivity index (χ1) is 8.95. The van der Waals surface area contributed by atoms with Gasteiger partial charge >= 0.3 is 0 Å². The van der Waals surface area contributed by atoms with Crippen molar-refractivity contribution in [2.45, 2.75) is 37.6 Å². The van der Waals surface area contributed by atoms with Crippen molar-refractivity contribution in [1.82, 2.24) is 13.9 Å². The van der Waals surface area contributed by atoms with E-state index >= 15 is 0 Å². The Hall–Kier alpha value is -0.960. The molecule has 0 radical (unpaired) electrons. The Labute approximate surface area is 113 Å². The van der Waals surface area contributed by atoms with Crippen LogP contribution in [0.2, 0.25) is 0 Å². The summed E-state index contributed by atoms with van der Waals surface area (Å²) in [6, 6.07) is -0.203. The summed E-state index contributed by atoms with van der Waals surface area (Å²) in [6.07, 6.45) is 2.80. The minimum Gasteiger partial charge on any atom is -0.374 e. The Morgan fingerprint density at radius 3 is 2.95 bits per heavy atom. The van der Waals surface area contributed by atoms with Crippen molar-refractivity contribution in [3.8, 4) is 0 Å². The molecule has 1 aromatic heterocycles. The van der Waals surface area contributed by atoms with E-state index in [2.05, 4.69) is 4.98 Å². The summed E-state index contributed by atoms with van der Waals surface area (Å²) in [5.41, 5.74) is 5.77. The molecule has 1 aliphatic rings. The first-order valence-corrected chi connectivity index (χ1v) is 7.78. The maximum atomic E-state index is 12.4. The third-order valence-corrected chi connectivity index (χ3v) is 4.97. The predicted molar refractivity (Wildman–Crippen MR) is 70.0 cm³/mol. The summed E-state index contributed by atoms with van der Waals surface area (Å²) in [4.78, 5) is 3.97. The average Bonchev–Trinajstić information content (AvgIpc) is 2.88. The van der Waals surface area contributed by atoms with Crippen molar-refractivity contribution in [3.63, 3.8) is 0 Å². The van der Waals surface area contributed by atoms with E-state index in [1.165, 1.54) is 10.6 Å². The molecule has 2 N–H and O–H groups in total. The van der Waals surface area contributed by atoms with Crippen LogP contribution in [0, 0.1) is 0 Å². The number of imidazole rings is 1. The van der Waals surface area contributed by atoms with Crippen LogP contribution >= 0.6 is 0 Å². The molecule has 0 amide bonds. The summed E-state index contributed by atoms with van der Waals surface area (Å²) >= 11 is 0. The lowest BCUT2D eigenvalue weighted by Gasteiger charge is -2.33. The molecule has 1 saturated heterocycles. The van der Waals surface area contributed by atoms with Crippen LogP contribution < -0.4 is 5.73 Å². The lowest BCUT2D eigenvalue weighted by Crippen LogP contribution is -2.51. The maximum Gasteiger partial charge on any atom is 0.262 e. The lowest BCUT2D eigenvalue weighted by molar-refractivity contribution is -0.0120. The molecular formula is C11H20N4O3S. The first-order valence-electron chi connectivity index (χ1n) is 6.34. The SMILES string of the molecule is CCn1cnc(S(=O)(=O)N2CCOC(C(C)N)C2)c1. The third kappa shape index (κ3) is 2.97. The molecule has 0 saturated carbocycles. The van der Waals surface area contributed by atoms with Crippen molar-refractivity contribution in [1.29, 1.82) is 0 Å². The number of ether oxygens (including phenoxy) is 1. The maximum absolute atomic E-state index is 12.4. The standard InChI is InChI=1S/C11H20N4O3S/c1-3-14-7-11(13-8-14)19(16,17)15-4-5-18-10(6-15)9(2)12/h7-10H,3-6,12H2,1-2H3. The molecule has 108 valence electrons. The van der Waals surface area contributed by atoms with Crippen molar-refractivity contribution < 1.29 is 13.2 Å². The highest BCUT2D eigenvalue weighted by atomic mass is 32.2. The van der Waals surface area contributed by atoms with E-state index in [0.717, 1.165) is 0 Å². The van der Waals surface area contributed by atoms with Gasteiger partial charge in [0.2, 0.25) is 0 Å². The Kier molecular flexibility index (Phi) is 4.24. The second-order valence-electron chi connectivity index (χ2n) is 4.67. The van der Waals surface area contributed by atoms with Gasteiger partial charge in [0.05, 0.1) is 19.0 Å². The van der Waals surface area contributed by atoms with E-state index in [-0.39, 0.29) is 23.7 Å². The molecule has 8 heteroatoms. The molecule has 1 fully saturated rings. The molecule has 2 rings (SSSR count). The van der Waals surface area contributed by atoms with Crippen LogP contribution in [-0.2, 0) is 21.3 Å². The minimum absolute atomic E-state index is 0.0830. The molecule has 1 aromatic rings. The molecule has 0 spiro atoms. The number of sulfonamides is 1.